The maximum Gasteiger partial charge on any atom is 0.211 e. The number of piperidine rings is 1. The fourth-order valence-electron chi connectivity index (χ4n) is 2.88. The van der Waals surface area contributed by atoms with Gasteiger partial charge < -0.3 is 5.32 Å². The van der Waals surface area contributed by atoms with Crippen LogP contribution in [0.2, 0.25) is 0 Å². The number of aromatic nitrogens is 2. The monoisotopic (exact) mass is 312 g/mol. The first-order chi connectivity index (χ1) is 10.0. The lowest BCUT2D eigenvalue weighted by molar-refractivity contribution is 0.240. The van der Waals surface area contributed by atoms with Crippen molar-refractivity contribution in [2.45, 2.75) is 44.8 Å². The summed E-state index contributed by atoms with van der Waals surface area (Å²) < 4.78 is 26.8. The highest BCUT2D eigenvalue weighted by Crippen LogP contribution is 2.21. The molecule has 7 heteroatoms. The van der Waals surface area contributed by atoms with Gasteiger partial charge in [0, 0.05) is 38.4 Å². The lowest BCUT2D eigenvalue weighted by atomic mass is 10.00. The first kappa shape index (κ1) is 15.0. The summed E-state index contributed by atoms with van der Waals surface area (Å²) in [6.07, 6.45) is 7.87. The molecule has 1 aromatic rings. The summed E-state index contributed by atoms with van der Waals surface area (Å²) in [5, 5.41) is 8.03. The van der Waals surface area contributed by atoms with Gasteiger partial charge in [0.15, 0.2) is 0 Å². The lowest BCUT2D eigenvalue weighted by Crippen LogP contribution is -2.40. The van der Waals surface area contributed by atoms with Crippen LogP contribution in [0.25, 0.3) is 0 Å². The molecule has 3 rings (SSSR count). The second kappa shape index (κ2) is 6.06. The van der Waals surface area contributed by atoms with Gasteiger partial charge in [0.2, 0.25) is 10.0 Å². The van der Waals surface area contributed by atoms with Crippen molar-refractivity contribution in [3.63, 3.8) is 0 Å². The molecule has 2 heterocycles. The minimum Gasteiger partial charge on any atom is -0.308 e. The van der Waals surface area contributed by atoms with Crippen molar-refractivity contribution >= 4 is 10.0 Å². The van der Waals surface area contributed by atoms with Gasteiger partial charge in [-0.2, -0.15) is 5.10 Å². The van der Waals surface area contributed by atoms with Crippen LogP contribution in [0.3, 0.4) is 0 Å². The van der Waals surface area contributed by atoms with Crippen LogP contribution >= 0.6 is 0 Å². The molecule has 0 spiro atoms. The van der Waals surface area contributed by atoms with Gasteiger partial charge >= 0.3 is 0 Å². The molecule has 2 aliphatic rings. The van der Waals surface area contributed by atoms with Gasteiger partial charge in [-0.05, 0) is 37.7 Å². The predicted octanol–water partition coefficient (Wildman–Crippen LogP) is 0.807. The number of hydrogen-bond acceptors (Lipinski definition) is 4. The maximum atomic E-state index is 11.6. The molecule has 1 aliphatic heterocycles. The van der Waals surface area contributed by atoms with Crippen molar-refractivity contribution in [3.05, 3.63) is 18.0 Å². The highest BCUT2D eigenvalue weighted by atomic mass is 32.2. The zero-order valence-corrected chi connectivity index (χ0v) is 13.3. The van der Waals surface area contributed by atoms with Crippen molar-refractivity contribution in [2.75, 3.05) is 19.3 Å². The molecule has 2 fully saturated rings. The first-order valence-corrected chi connectivity index (χ1v) is 9.56. The third-order valence-electron chi connectivity index (χ3n) is 4.24. The molecule has 1 atom stereocenters. The van der Waals surface area contributed by atoms with Gasteiger partial charge in [0.1, 0.15) is 0 Å². The molecule has 1 aliphatic carbocycles. The molecule has 0 bridgehead atoms. The third-order valence-corrected chi connectivity index (χ3v) is 5.51. The number of hydrogen-bond donors (Lipinski definition) is 1. The summed E-state index contributed by atoms with van der Waals surface area (Å²) in [6, 6.07) is 2.74. The highest BCUT2D eigenvalue weighted by Gasteiger charge is 2.26. The largest absolute Gasteiger partial charge is 0.308 e. The van der Waals surface area contributed by atoms with Gasteiger partial charge in [-0.15, -0.1) is 0 Å². The fraction of sp³-hybridized carbons (Fsp3) is 0.786. The average Bonchev–Trinajstić information content (AvgIpc) is 3.16. The minimum atomic E-state index is -3.06. The molecular formula is C14H24N4O2S. The van der Waals surface area contributed by atoms with E-state index < -0.39 is 10.0 Å². The first-order valence-electron chi connectivity index (χ1n) is 7.71. The molecule has 1 saturated carbocycles. The quantitative estimate of drug-likeness (QED) is 0.844. The van der Waals surface area contributed by atoms with Crippen molar-refractivity contribution in [1.82, 2.24) is 19.4 Å². The van der Waals surface area contributed by atoms with Crippen molar-refractivity contribution in [1.29, 1.82) is 0 Å². The van der Waals surface area contributed by atoms with Crippen LogP contribution in [-0.4, -0.2) is 47.9 Å². The van der Waals surface area contributed by atoms with Crippen molar-refractivity contribution < 1.29 is 8.42 Å². The predicted molar refractivity (Wildman–Crippen MR) is 81.2 cm³/mol. The summed E-state index contributed by atoms with van der Waals surface area (Å²) in [4.78, 5) is 0. The Kier molecular flexibility index (Phi) is 4.33. The Hall–Kier alpha value is -0.920. The topological polar surface area (TPSA) is 67.2 Å². The fourth-order valence-corrected chi connectivity index (χ4v) is 3.82. The van der Waals surface area contributed by atoms with E-state index in [4.69, 9.17) is 0 Å². The summed E-state index contributed by atoms with van der Waals surface area (Å²) in [7, 11) is -3.06. The van der Waals surface area contributed by atoms with Crippen molar-refractivity contribution in [2.24, 2.45) is 5.92 Å². The molecule has 1 N–H and O–H groups in total. The van der Waals surface area contributed by atoms with Crippen LogP contribution < -0.4 is 5.32 Å². The second-order valence-electron chi connectivity index (χ2n) is 6.31. The molecule has 1 saturated heterocycles. The van der Waals surface area contributed by atoms with E-state index >= 15 is 0 Å². The SMILES string of the molecule is CS(=O)(=O)N1CCCC(Cn2ccc(CNC3CC3)n2)C1. The highest BCUT2D eigenvalue weighted by molar-refractivity contribution is 7.88. The maximum absolute atomic E-state index is 11.6. The zero-order chi connectivity index (χ0) is 14.9. The van der Waals surface area contributed by atoms with E-state index in [0.717, 1.165) is 31.6 Å². The van der Waals surface area contributed by atoms with E-state index in [1.807, 2.05) is 16.9 Å². The Morgan fingerprint density at radius 2 is 2.19 bits per heavy atom. The normalized spacial score (nSPS) is 24.3. The van der Waals surface area contributed by atoms with E-state index in [1.54, 1.807) is 4.31 Å². The second-order valence-corrected chi connectivity index (χ2v) is 8.30. The van der Waals surface area contributed by atoms with Gasteiger partial charge in [0.25, 0.3) is 0 Å². The Morgan fingerprint density at radius 1 is 1.38 bits per heavy atom. The lowest BCUT2D eigenvalue weighted by Gasteiger charge is -2.30. The zero-order valence-electron chi connectivity index (χ0n) is 12.5. The molecule has 0 radical (unpaired) electrons. The Bertz CT molecular complexity index is 580. The van der Waals surface area contributed by atoms with Gasteiger partial charge in [0.05, 0.1) is 11.9 Å². The molecule has 1 unspecified atom stereocenters. The van der Waals surface area contributed by atoms with Crippen LogP contribution in [-0.2, 0) is 23.1 Å². The number of rotatable bonds is 6. The Morgan fingerprint density at radius 3 is 2.90 bits per heavy atom. The molecule has 118 valence electrons. The average molecular weight is 312 g/mol. The number of sulfonamides is 1. The summed E-state index contributed by atoms with van der Waals surface area (Å²) in [6.45, 7) is 2.91. The van der Waals surface area contributed by atoms with Gasteiger partial charge in [-0.3, -0.25) is 4.68 Å². The van der Waals surface area contributed by atoms with E-state index in [-0.39, 0.29) is 0 Å². The van der Waals surface area contributed by atoms with Crippen LogP contribution in [0.15, 0.2) is 12.3 Å². The third kappa shape index (κ3) is 4.28. The Balaban J connectivity index is 1.53. The standard InChI is InChI=1S/C14H24N4O2S/c1-21(19,20)18-7-2-3-12(11-18)10-17-8-6-14(16-17)9-15-13-4-5-13/h6,8,12-13,15H,2-5,7,9-11H2,1H3. The van der Waals surface area contributed by atoms with E-state index in [9.17, 15) is 8.42 Å². The molecule has 6 nitrogen and oxygen atoms in total. The molecule has 0 amide bonds. The molecule has 0 aromatic carbocycles. The van der Waals surface area contributed by atoms with Crippen LogP contribution in [0, 0.1) is 5.92 Å². The number of nitrogens with zero attached hydrogens (tertiary/aromatic N) is 3. The minimum absolute atomic E-state index is 0.359. The van der Waals surface area contributed by atoms with Crippen LogP contribution in [0.5, 0.6) is 0 Å². The smallest absolute Gasteiger partial charge is 0.211 e. The van der Waals surface area contributed by atoms with E-state index in [2.05, 4.69) is 10.4 Å². The van der Waals surface area contributed by atoms with Crippen LogP contribution in [0.1, 0.15) is 31.4 Å². The Labute approximate surface area is 126 Å². The molecule has 1 aromatic heterocycles. The van der Waals surface area contributed by atoms with Gasteiger partial charge in [-0.25, -0.2) is 12.7 Å². The van der Waals surface area contributed by atoms with Crippen LogP contribution in [0.4, 0.5) is 0 Å². The van der Waals surface area contributed by atoms with E-state index in [0.29, 0.717) is 25.0 Å². The summed E-state index contributed by atoms with van der Waals surface area (Å²) in [5.74, 6) is 0.359. The number of nitrogens with one attached hydrogen (secondary N) is 1. The van der Waals surface area contributed by atoms with Gasteiger partial charge in [-0.1, -0.05) is 0 Å². The summed E-state index contributed by atoms with van der Waals surface area (Å²) >= 11 is 0. The molecule has 21 heavy (non-hydrogen) atoms. The molecular weight excluding hydrogens is 288 g/mol. The van der Waals surface area contributed by atoms with E-state index in [1.165, 1.54) is 19.1 Å². The van der Waals surface area contributed by atoms with Crippen molar-refractivity contribution in [3.8, 4) is 0 Å². The summed E-state index contributed by atoms with van der Waals surface area (Å²) in [5.41, 5.74) is 1.07.